The summed E-state index contributed by atoms with van der Waals surface area (Å²) in [5, 5.41) is 0.675. The van der Waals surface area contributed by atoms with Gasteiger partial charge in [0, 0.05) is 38.4 Å². The number of ether oxygens (including phenoxy) is 1. The van der Waals surface area contributed by atoms with Crippen molar-refractivity contribution in [2.45, 2.75) is 45.7 Å². The van der Waals surface area contributed by atoms with Crippen molar-refractivity contribution in [2.75, 3.05) is 26.2 Å². The van der Waals surface area contributed by atoms with Gasteiger partial charge in [-0.25, -0.2) is 4.99 Å². The number of nitrogens with two attached hydrogens (primary N) is 1. The zero-order valence-electron chi connectivity index (χ0n) is 15.7. The largest absolute Gasteiger partial charge is 0.492 e. The van der Waals surface area contributed by atoms with Gasteiger partial charge < -0.3 is 15.4 Å². The third-order valence-corrected chi connectivity index (χ3v) is 5.51. The summed E-state index contributed by atoms with van der Waals surface area (Å²) in [6.45, 7) is 8.74. The van der Waals surface area contributed by atoms with E-state index in [1.54, 1.807) is 0 Å². The summed E-state index contributed by atoms with van der Waals surface area (Å²) in [6.07, 6.45) is 5.18. The van der Waals surface area contributed by atoms with Crippen molar-refractivity contribution in [2.24, 2.45) is 10.7 Å². The average Bonchev–Trinajstić information content (AvgIpc) is 2.66. The fourth-order valence-electron chi connectivity index (χ4n) is 3.65. The highest BCUT2D eigenvalue weighted by Crippen LogP contribution is 2.27. The molecule has 2 aliphatic rings. The maximum Gasteiger partial charge on any atom is 0.196 e. The van der Waals surface area contributed by atoms with Crippen molar-refractivity contribution in [1.82, 2.24) is 9.80 Å². The molecule has 2 heterocycles. The molecule has 6 heteroatoms. The minimum absolute atomic E-state index is 0.481. The second-order valence-corrected chi connectivity index (χ2v) is 7.37. The van der Waals surface area contributed by atoms with Crippen LogP contribution in [0.15, 0.2) is 35.0 Å². The van der Waals surface area contributed by atoms with Gasteiger partial charge in [0.25, 0.3) is 0 Å². The maximum absolute atomic E-state index is 6.19. The lowest BCUT2D eigenvalue weighted by Gasteiger charge is -2.40. The van der Waals surface area contributed by atoms with E-state index in [0.29, 0.717) is 23.6 Å². The monoisotopic (exact) mass is 376 g/mol. The number of piperidine rings is 1. The highest BCUT2D eigenvalue weighted by Gasteiger charge is 2.27. The van der Waals surface area contributed by atoms with E-state index in [2.05, 4.69) is 33.8 Å². The Hall–Kier alpha value is -1.72. The average molecular weight is 377 g/mol. The SMILES string of the molecule is CCOc1cc(CN2CCC(N3CC(CC)=CN=C3N)CC2)ccc1Cl. The molecule has 0 unspecified atom stereocenters. The molecule has 0 spiro atoms. The molecule has 2 aliphatic heterocycles. The van der Waals surface area contributed by atoms with E-state index in [9.17, 15) is 0 Å². The molecular formula is C20H29ClN4O. The summed E-state index contributed by atoms with van der Waals surface area (Å²) < 4.78 is 5.61. The minimum Gasteiger partial charge on any atom is -0.492 e. The molecule has 0 amide bonds. The first-order chi connectivity index (χ1) is 12.6. The second-order valence-electron chi connectivity index (χ2n) is 6.96. The maximum atomic E-state index is 6.19. The van der Waals surface area contributed by atoms with Crippen LogP contribution < -0.4 is 10.5 Å². The van der Waals surface area contributed by atoms with Gasteiger partial charge in [-0.2, -0.15) is 0 Å². The number of rotatable bonds is 6. The molecule has 5 nitrogen and oxygen atoms in total. The number of halogens is 1. The summed E-state index contributed by atoms with van der Waals surface area (Å²) in [5.41, 5.74) is 8.73. The third kappa shape index (κ3) is 4.51. The quantitative estimate of drug-likeness (QED) is 0.823. The zero-order valence-corrected chi connectivity index (χ0v) is 16.5. The lowest BCUT2D eigenvalue weighted by atomic mass is 10.0. The van der Waals surface area contributed by atoms with Gasteiger partial charge in [-0.05, 0) is 49.5 Å². The summed E-state index contributed by atoms with van der Waals surface area (Å²) in [5.74, 6) is 1.44. The molecule has 0 saturated carbocycles. The Morgan fingerprint density at radius 2 is 2.04 bits per heavy atom. The van der Waals surface area contributed by atoms with Crippen LogP contribution in [0.25, 0.3) is 0 Å². The molecule has 142 valence electrons. The van der Waals surface area contributed by atoms with Crippen LogP contribution in [0.5, 0.6) is 5.75 Å². The van der Waals surface area contributed by atoms with E-state index in [1.807, 2.05) is 19.2 Å². The standard InChI is InChI=1S/C20H29ClN4O/c1-3-15-12-23-20(22)25(14-15)17-7-9-24(10-8-17)13-16-5-6-18(21)19(11-16)26-4-2/h5-6,11-12,17H,3-4,7-10,13-14H2,1-2H3,(H2,22,23). The Morgan fingerprint density at radius 3 is 2.73 bits per heavy atom. The van der Waals surface area contributed by atoms with Crippen molar-refractivity contribution in [3.05, 3.63) is 40.6 Å². The van der Waals surface area contributed by atoms with Gasteiger partial charge in [-0.3, -0.25) is 4.90 Å². The number of hydrogen-bond acceptors (Lipinski definition) is 5. The third-order valence-electron chi connectivity index (χ3n) is 5.20. The molecule has 26 heavy (non-hydrogen) atoms. The van der Waals surface area contributed by atoms with E-state index in [1.165, 1.54) is 11.1 Å². The van der Waals surface area contributed by atoms with Gasteiger partial charge in [-0.15, -0.1) is 0 Å². The summed E-state index contributed by atoms with van der Waals surface area (Å²) in [4.78, 5) is 9.15. The highest BCUT2D eigenvalue weighted by molar-refractivity contribution is 6.32. The van der Waals surface area contributed by atoms with Gasteiger partial charge in [0.15, 0.2) is 5.96 Å². The second kappa shape index (κ2) is 8.78. The fourth-order valence-corrected chi connectivity index (χ4v) is 3.82. The molecule has 0 atom stereocenters. The Kier molecular flexibility index (Phi) is 6.43. The van der Waals surface area contributed by atoms with Gasteiger partial charge in [0.1, 0.15) is 5.75 Å². The van der Waals surface area contributed by atoms with Crippen LogP contribution in [0, 0.1) is 0 Å². The molecule has 1 aromatic rings. The van der Waals surface area contributed by atoms with Gasteiger partial charge in [0.2, 0.25) is 0 Å². The van der Waals surface area contributed by atoms with Crippen molar-refractivity contribution in [3.63, 3.8) is 0 Å². The summed E-state index contributed by atoms with van der Waals surface area (Å²) in [6, 6.07) is 6.56. The molecule has 1 saturated heterocycles. The first-order valence-electron chi connectivity index (χ1n) is 9.52. The van der Waals surface area contributed by atoms with E-state index >= 15 is 0 Å². The van der Waals surface area contributed by atoms with E-state index < -0.39 is 0 Å². The lowest BCUT2D eigenvalue weighted by molar-refractivity contribution is 0.150. The Balaban J connectivity index is 1.55. The number of likely N-dealkylation sites (tertiary alicyclic amines) is 1. The van der Waals surface area contributed by atoms with Crippen molar-refractivity contribution >= 4 is 17.6 Å². The molecule has 0 bridgehead atoms. The number of aliphatic imine (C=N–C) groups is 1. The first-order valence-corrected chi connectivity index (χ1v) is 9.90. The molecule has 1 aromatic carbocycles. The lowest BCUT2D eigenvalue weighted by Crippen LogP contribution is -2.51. The van der Waals surface area contributed by atoms with Crippen molar-refractivity contribution < 1.29 is 4.74 Å². The predicted octanol–water partition coefficient (Wildman–Crippen LogP) is 3.63. The van der Waals surface area contributed by atoms with E-state index in [0.717, 1.165) is 51.2 Å². The summed E-state index contributed by atoms with van der Waals surface area (Å²) >= 11 is 6.19. The topological polar surface area (TPSA) is 54.1 Å². The van der Waals surface area contributed by atoms with Gasteiger partial charge in [0.05, 0.1) is 11.6 Å². The van der Waals surface area contributed by atoms with Crippen LogP contribution in [-0.2, 0) is 6.54 Å². The van der Waals surface area contributed by atoms with E-state index in [4.69, 9.17) is 22.1 Å². The van der Waals surface area contributed by atoms with Crippen LogP contribution >= 0.6 is 11.6 Å². The molecule has 0 aromatic heterocycles. The number of nitrogens with zero attached hydrogens (tertiary/aromatic N) is 3. The van der Waals surface area contributed by atoms with E-state index in [-0.39, 0.29) is 0 Å². The van der Waals surface area contributed by atoms with Gasteiger partial charge in [-0.1, -0.05) is 24.6 Å². The Morgan fingerprint density at radius 1 is 1.27 bits per heavy atom. The number of hydrogen-bond donors (Lipinski definition) is 1. The highest BCUT2D eigenvalue weighted by atomic mass is 35.5. The van der Waals surface area contributed by atoms with Crippen molar-refractivity contribution in [1.29, 1.82) is 0 Å². The normalized spacial score (nSPS) is 19.3. The molecular weight excluding hydrogens is 348 g/mol. The summed E-state index contributed by atoms with van der Waals surface area (Å²) in [7, 11) is 0. The molecule has 0 radical (unpaired) electrons. The number of guanidine groups is 1. The predicted molar refractivity (Wildman–Crippen MR) is 108 cm³/mol. The van der Waals surface area contributed by atoms with Gasteiger partial charge >= 0.3 is 0 Å². The van der Waals surface area contributed by atoms with Crippen LogP contribution in [0.4, 0.5) is 0 Å². The first kappa shape index (κ1) is 19.1. The molecule has 0 aliphatic carbocycles. The molecule has 3 rings (SSSR count). The Labute approximate surface area is 161 Å². The fraction of sp³-hybridized carbons (Fsp3) is 0.550. The van der Waals surface area contributed by atoms with Crippen molar-refractivity contribution in [3.8, 4) is 5.75 Å². The van der Waals surface area contributed by atoms with Crippen LogP contribution in [-0.4, -0.2) is 48.0 Å². The smallest absolute Gasteiger partial charge is 0.196 e. The number of benzene rings is 1. The Bertz CT molecular complexity index is 680. The van der Waals surface area contributed by atoms with Crippen LogP contribution in [0.1, 0.15) is 38.7 Å². The van der Waals surface area contributed by atoms with Crippen LogP contribution in [0.3, 0.4) is 0 Å². The molecule has 2 N–H and O–H groups in total. The van der Waals surface area contributed by atoms with Crippen LogP contribution in [0.2, 0.25) is 5.02 Å². The zero-order chi connectivity index (χ0) is 18.5. The molecule has 1 fully saturated rings. The minimum atomic E-state index is 0.481.